The largest absolute Gasteiger partial charge is 0.491 e. The first kappa shape index (κ1) is 17.1. The van der Waals surface area contributed by atoms with E-state index in [0.717, 1.165) is 32.1 Å². The molecule has 1 aliphatic rings. The van der Waals surface area contributed by atoms with Gasteiger partial charge in [0.15, 0.2) is 0 Å². The SMILES string of the molecule is CC(C)OCCOCCOc1cccc(N2CCOCC2)c1. The van der Waals surface area contributed by atoms with Gasteiger partial charge in [0.1, 0.15) is 12.4 Å². The Morgan fingerprint density at radius 1 is 1.09 bits per heavy atom. The Morgan fingerprint density at radius 3 is 2.64 bits per heavy atom. The van der Waals surface area contributed by atoms with Crippen molar-refractivity contribution in [3.63, 3.8) is 0 Å². The van der Waals surface area contributed by atoms with Gasteiger partial charge in [-0.2, -0.15) is 0 Å². The van der Waals surface area contributed by atoms with E-state index in [2.05, 4.69) is 17.0 Å². The van der Waals surface area contributed by atoms with Gasteiger partial charge in [-0.15, -0.1) is 0 Å². The number of ether oxygens (including phenoxy) is 4. The van der Waals surface area contributed by atoms with Crippen molar-refractivity contribution in [3.8, 4) is 5.75 Å². The van der Waals surface area contributed by atoms with Crippen LogP contribution in [0.3, 0.4) is 0 Å². The van der Waals surface area contributed by atoms with Crippen LogP contribution in [0.25, 0.3) is 0 Å². The molecule has 124 valence electrons. The average molecular weight is 309 g/mol. The molecule has 0 N–H and O–H groups in total. The third-order valence-corrected chi connectivity index (χ3v) is 3.37. The van der Waals surface area contributed by atoms with E-state index >= 15 is 0 Å². The minimum Gasteiger partial charge on any atom is -0.491 e. The predicted molar refractivity (Wildman–Crippen MR) is 86.9 cm³/mol. The van der Waals surface area contributed by atoms with Crippen LogP contribution >= 0.6 is 0 Å². The minimum absolute atomic E-state index is 0.253. The molecule has 0 aromatic heterocycles. The van der Waals surface area contributed by atoms with Crippen molar-refractivity contribution in [3.05, 3.63) is 24.3 Å². The molecule has 5 nitrogen and oxygen atoms in total. The van der Waals surface area contributed by atoms with Gasteiger partial charge in [0.25, 0.3) is 0 Å². The second-order valence-electron chi connectivity index (χ2n) is 5.48. The van der Waals surface area contributed by atoms with Gasteiger partial charge in [-0.05, 0) is 26.0 Å². The van der Waals surface area contributed by atoms with Crippen LogP contribution < -0.4 is 9.64 Å². The zero-order chi connectivity index (χ0) is 15.6. The van der Waals surface area contributed by atoms with Crippen molar-refractivity contribution in [2.75, 3.05) is 57.6 Å². The number of benzene rings is 1. The zero-order valence-corrected chi connectivity index (χ0v) is 13.6. The summed E-state index contributed by atoms with van der Waals surface area (Å²) in [5, 5.41) is 0. The molecule has 2 rings (SSSR count). The molecule has 1 aromatic carbocycles. The maximum absolute atomic E-state index is 5.74. The third-order valence-electron chi connectivity index (χ3n) is 3.37. The molecule has 0 amide bonds. The van der Waals surface area contributed by atoms with E-state index in [1.807, 2.05) is 26.0 Å². The molecule has 0 radical (unpaired) electrons. The zero-order valence-electron chi connectivity index (χ0n) is 13.6. The van der Waals surface area contributed by atoms with Crippen molar-refractivity contribution in [1.29, 1.82) is 0 Å². The molecule has 0 unspecified atom stereocenters. The maximum Gasteiger partial charge on any atom is 0.121 e. The Morgan fingerprint density at radius 2 is 1.86 bits per heavy atom. The summed E-state index contributed by atoms with van der Waals surface area (Å²) >= 11 is 0. The molecule has 0 aliphatic carbocycles. The molecule has 1 heterocycles. The summed E-state index contributed by atoms with van der Waals surface area (Å²) in [6.07, 6.45) is 0.253. The summed E-state index contributed by atoms with van der Waals surface area (Å²) in [6, 6.07) is 8.19. The molecule has 0 saturated carbocycles. The third kappa shape index (κ3) is 6.22. The number of nitrogens with zero attached hydrogens (tertiary/aromatic N) is 1. The van der Waals surface area contributed by atoms with Crippen molar-refractivity contribution >= 4 is 5.69 Å². The van der Waals surface area contributed by atoms with Crippen LogP contribution in [0.1, 0.15) is 13.8 Å². The van der Waals surface area contributed by atoms with Gasteiger partial charge in [0.05, 0.1) is 39.1 Å². The van der Waals surface area contributed by atoms with Crippen molar-refractivity contribution in [1.82, 2.24) is 0 Å². The van der Waals surface area contributed by atoms with Crippen molar-refractivity contribution in [2.45, 2.75) is 20.0 Å². The Labute approximate surface area is 133 Å². The highest BCUT2D eigenvalue weighted by atomic mass is 16.5. The highest BCUT2D eigenvalue weighted by Gasteiger charge is 2.11. The van der Waals surface area contributed by atoms with Gasteiger partial charge in [-0.1, -0.05) is 6.07 Å². The van der Waals surface area contributed by atoms with Crippen LogP contribution in [0.15, 0.2) is 24.3 Å². The lowest BCUT2D eigenvalue weighted by Gasteiger charge is -2.29. The summed E-state index contributed by atoms with van der Waals surface area (Å²) in [7, 11) is 0. The lowest BCUT2D eigenvalue weighted by Crippen LogP contribution is -2.36. The molecule has 5 heteroatoms. The van der Waals surface area contributed by atoms with Crippen LogP contribution in [0.4, 0.5) is 5.69 Å². The average Bonchev–Trinajstić information content (AvgIpc) is 2.55. The lowest BCUT2D eigenvalue weighted by molar-refractivity contribution is 0.0124. The standard InChI is InChI=1S/C17H27NO4/c1-15(2)21-12-10-20-11-13-22-17-5-3-4-16(14-17)18-6-8-19-9-7-18/h3-5,14-15H,6-13H2,1-2H3. The van der Waals surface area contributed by atoms with E-state index in [-0.39, 0.29) is 6.10 Å². The summed E-state index contributed by atoms with van der Waals surface area (Å²) in [4.78, 5) is 2.32. The van der Waals surface area contributed by atoms with E-state index in [1.54, 1.807) is 0 Å². The Balaban J connectivity index is 1.65. The van der Waals surface area contributed by atoms with E-state index < -0.39 is 0 Å². The quantitative estimate of drug-likeness (QED) is 0.655. The van der Waals surface area contributed by atoms with E-state index in [4.69, 9.17) is 18.9 Å². The van der Waals surface area contributed by atoms with E-state index in [9.17, 15) is 0 Å². The van der Waals surface area contributed by atoms with Crippen molar-refractivity contribution < 1.29 is 18.9 Å². The fourth-order valence-corrected chi connectivity index (χ4v) is 2.25. The molecular weight excluding hydrogens is 282 g/mol. The van der Waals surface area contributed by atoms with E-state index in [0.29, 0.717) is 26.4 Å². The van der Waals surface area contributed by atoms with Crippen LogP contribution in [-0.4, -0.2) is 58.8 Å². The second-order valence-corrected chi connectivity index (χ2v) is 5.48. The van der Waals surface area contributed by atoms with Gasteiger partial charge < -0.3 is 23.8 Å². The van der Waals surface area contributed by atoms with Crippen LogP contribution in [0, 0.1) is 0 Å². The molecular formula is C17H27NO4. The summed E-state index contributed by atoms with van der Waals surface area (Å²) in [5.74, 6) is 0.881. The normalized spacial score (nSPS) is 15.3. The Hall–Kier alpha value is -1.30. The van der Waals surface area contributed by atoms with Gasteiger partial charge in [-0.25, -0.2) is 0 Å². The maximum atomic E-state index is 5.74. The second kappa shape index (κ2) is 9.66. The van der Waals surface area contributed by atoms with Crippen LogP contribution in [0.5, 0.6) is 5.75 Å². The molecule has 0 spiro atoms. The number of hydrogen-bond acceptors (Lipinski definition) is 5. The fraction of sp³-hybridized carbons (Fsp3) is 0.647. The fourth-order valence-electron chi connectivity index (χ4n) is 2.25. The summed E-state index contributed by atoms with van der Waals surface area (Å²) < 4.78 is 22.0. The topological polar surface area (TPSA) is 40.2 Å². The Kier molecular flexibility index (Phi) is 7.49. The van der Waals surface area contributed by atoms with Gasteiger partial charge in [0, 0.05) is 24.8 Å². The highest BCUT2D eigenvalue weighted by molar-refractivity contribution is 5.50. The van der Waals surface area contributed by atoms with Crippen LogP contribution in [-0.2, 0) is 14.2 Å². The molecule has 1 fully saturated rings. The summed E-state index contributed by atoms with van der Waals surface area (Å²) in [5.41, 5.74) is 1.19. The lowest BCUT2D eigenvalue weighted by atomic mass is 10.2. The van der Waals surface area contributed by atoms with Crippen LogP contribution in [0.2, 0.25) is 0 Å². The number of rotatable bonds is 9. The molecule has 0 bridgehead atoms. The first-order valence-corrected chi connectivity index (χ1v) is 8.00. The molecule has 1 saturated heterocycles. The first-order valence-electron chi connectivity index (χ1n) is 8.00. The van der Waals surface area contributed by atoms with Gasteiger partial charge >= 0.3 is 0 Å². The van der Waals surface area contributed by atoms with E-state index in [1.165, 1.54) is 5.69 Å². The van der Waals surface area contributed by atoms with Crippen molar-refractivity contribution in [2.24, 2.45) is 0 Å². The number of anilines is 1. The monoisotopic (exact) mass is 309 g/mol. The number of hydrogen-bond donors (Lipinski definition) is 0. The molecule has 1 aromatic rings. The molecule has 22 heavy (non-hydrogen) atoms. The van der Waals surface area contributed by atoms with Gasteiger partial charge in [0.2, 0.25) is 0 Å². The highest BCUT2D eigenvalue weighted by Crippen LogP contribution is 2.21. The minimum atomic E-state index is 0.253. The first-order chi connectivity index (χ1) is 10.8. The smallest absolute Gasteiger partial charge is 0.121 e. The molecule has 0 atom stereocenters. The summed E-state index contributed by atoms with van der Waals surface area (Å²) in [6.45, 7) is 9.84. The van der Waals surface area contributed by atoms with Gasteiger partial charge in [-0.3, -0.25) is 0 Å². The predicted octanol–water partition coefficient (Wildman–Crippen LogP) is 2.34. The molecule has 1 aliphatic heterocycles. The number of morpholine rings is 1. The Bertz CT molecular complexity index is 419.